The van der Waals surface area contributed by atoms with Gasteiger partial charge in [0, 0.05) is 16.8 Å². The maximum Gasteiger partial charge on any atom is 0.338 e. The van der Waals surface area contributed by atoms with Crippen molar-refractivity contribution in [3.63, 3.8) is 0 Å². The van der Waals surface area contributed by atoms with E-state index in [1.807, 2.05) is 0 Å². The summed E-state index contributed by atoms with van der Waals surface area (Å²) in [5, 5.41) is 9.15. The number of aryl methyl sites for hydroxylation is 1. The Bertz CT molecular complexity index is 902. The first kappa shape index (κ1) is 17.4. The van der Waals surface area contributed by atoms with Gasteiger partial charge in [-0.2, -0.15) is 5.26 Å². The maximum atomic E-state index is 14.5. The number of hydrogen-bond acceptors (Lipinski definition) is 4. The third kappa shape index (κ3) is 3.69. The Balaban J connectivity index is 2.51. The van der Waals surface area contributed by atoms with Crippen molar-refractivity contribution in [2.24, 2.45) is 0 Å². The highest BCUT2D eigenvalue weighted by Gasteiger charge is 2.20. The monoisotopic (exact) mass is 328 g/mol. The van der Waals surface area contributed by atoms with Crippen molar-refractivity contribution in [2.75, 3.05) is 0 Å². The minimum Gasteiger partial charge on any atom is -0.456 e. The van der Waals surface area contributed by atoms with Crippen LogP contribution in [0.3, 0.4) is 0 Å². The Labute approximate surface area is 138 Å². The van der Waals surface area contributed by atoms with Crippen LogP contribution in [0.1, 0.15) is 42.4 Å². The van der Waals surface area contributed by atoms with Crippen LogP contribution in [0, 0.1) is 24.1 Å². The van der Waals surface area contributed by atoms with E-state index in [-0.39, 0.29) is 22.3 Å². The van der Waals surface area contributed by atoms with Crippen LogP contribution in [-0.2, 0) is 4.74 Å². The first-order valence-corrected chi connectivity index (χ1v) is 7.29. The number of rotatable bonds is 2. The molecule has 0 aliphatic heterocycles. The number of hydrogen-bond donors (Lipinski definition) is 1. The van der Waals surface area contributed by atoms with Gasteiger partial charge in [-0.05, 0) is 45.9 Å². The predicted molar refractivity (Wildman–Crippen MR) is 87.1 cm³/mol. The number of carbonyl (C=O) groups excluding carboxylic acids is 1. The van der Waals surface area contributed by atoms with Crippen LogP contribution in [0.4, 0.5) is 4.39 Å². The summed E-state index contributed by atoms with van der Waals surface area (Å²) in [6, 6.07) is 7.12. The van der Waals surface area contributed by atoms with Gasteiger partial charge in [0.05, 0.1) is 5.56 Å². The summed E-state index contributed by atoms with van der Waals surface area (Å²) >= 11 is 0. The first-order chi connectivity index (χ1) is 11.1. The van der Waals surface area contributed by atoms with Crippen molar-refractivity contribution >= 4 is 5.97 Å². The molecule has 0 saturated carbocycles. The van der Waals surface area contributed by atoms with Crippen molar-refractivity contribution in [3.8, 4) is 17.2 Å². The second-order valence-electron chi connectivity index (χ2n) is 6.38. The van der Waals surface area contributed by atoms with E-state index in [0.717, 1.165) is 6.07 Å². The van der Waals surface area contributed by atoms with Crippen molar-refractivity contribution in [1.29, 1.82) is 5.26 Å². The van der Waals surface area contributed by atoms with Gasteiger partial charge in [0.2, 0.25) is 0 Å². The van der Waals surface area contributed by atoms with E-state index in [2.05, 4.69) is 4.98 Å². The third-order valence-corrected chi connectivity index (χ3v) is 3.17. The number of pyridine rings is 1. The highest BCUT2D eigenvalue weighted by Crippen LogP contribution is 2.26. The number of carbonyl (C=O) groups is 1. The largest absolute Gasteiger partial charge is 0.456 e. The van der Waals surface area contributed by atoms with Crippen LogP contribution in [0.25, 0.3) is 11.1 Å². The summed E-state index contributed by atoms with van der Waals surface area (Å²) in [6.45, 7) is 6.79. The molecule has 24 heavy (non-hydrogen) atoms. The molecule has 124 valence electrons. The van der Waals surface area contributed by atoms with Crippen molar-refractivity contribution < 1.29 is 13.9 Å². The van der Waals surface area contributed by atoms with Crippen molar-refractivity contribution in [3.05, 3.63) is 57.3 Å². The fourth-order valence-electron chi connectivity index (χ4n) is 2.21. The average molecular weight is 328 g/mol. The highest BCUT2D eigenvalue weighted by molar-refractivity contribution is 5.90. The SMILES string of the molecule is Cc1cc(-c2ccc(C(=O)OC(C)(C)C)cc2F)c(C#N)c(=O)[nH]1. The Morgan fingerprint density at radius 2 is 1.92 bits per heavy atom. The molecule has 0 amide bonds. The second-order valence-corrected chi connectivity index (χ2v) is 6.38. The number of halogens is 1. The molecule has 0 aliphatic rings. The topological polar surface area (TPSA) is 82.9 Å². The zero-order valence-electron chi connectivity index (χ0n) is 13.9. The average Bonchev–Trinajstić information content (AvgIpc) is 2.44. The predicted octanol–water partition coefficient (Wildman–Crippen LogP) is 3.32. The Kier molecular flexibility index (Phi) is 4.56. The van der Waals surface area contributed by atoms with E-state index in [4.69, 9.17) is 10.00 Å². The van der Waals surface area contributed by atoms with Crippen LogP contribution >= 0.6 is 0 Å². The van der Waals surface area contributed by atoms with E-state index >= 15 is 0 Å². The summed E-state index contributed by atoms with van der Waals surface area (Å²) in [5.74, 6) is -1.35. The van der Waals surface area contributed by atoms with Gasteiger partial charge in [-0.3, -0.25) is 4.79 Å². The van der Waals surface area contributed by atoms with E-state index in [0.29, 0.717) is 5.69 Å². The second kappa shape index (κ2) is 6.28. The first-order valence-electron chi connectivity index (χ1n) is 7.29. The van der Waals surface area contributed by atoms with E-state index < -0.39 is 22.9 Å². The maximum absolute atomic E-state index is 14.5. The summed E-state index contributed by atoms with van der Waals surface area (Å²) in [5.41, 5.74) is -0.618. The minimum atomic E-state index is -0.708. The van der Waals surface area contributed by atoms with Gasteiger partial charge in [-0.25, -0.2) is 9.18 Å². The highest BCUT2D eigenvalue weighted by atomic mass is 19.1. The molecule has 6 heteroatoms. The molecule has 1 N–H and O–H groups in total. The number of H-pyrrole nitrogens is 1. The Hall–Kier alpha value is -2.94. The molecule has 0 unspecified atom stereocenters. The molecule has 0 bridgehead atoms. The minimum absolute atomic E-state index is 0.0613. The van der Waals surface area contributed by atoms with E-state index in [1.165, 1.54) is 18.2 Å². The quantitative estimate of drug-likeness (QED) is 0.857. The number of ether oxygens (including phenoxy) is 1. The molecule has 0 atom stereocenters. The van der Waals surface area contributed by atoms with Crippen LogP contribution in [0.15, 0.2) is 29.1 Å². The number of nitriles is 1. The molecule has 5 nitrogen and oxygen atoms in total. The van der Waals surface area contributed by atoms with Crippen LogP contribution in [-0.4, -0.2) is 16.6 Å². The Morgan fingerprint density at radius 1 is 1.25 bits per heavy atom. The molecule has 0 aliphatic carbocycles. The third-order valence-electron chi connectivity index (χ3n) is 3.17. The molecule has 2 rings (SSSR count). The van der Waals surface area contributed by atoms with Crippen LogP contribution in [0.5, 0.6) is 0 Å². The number of nitrogens with one attached hydrogen (secondary N) is 1. The van der Waals surface area contributed by atoms with Crippen molar-refractivity contribution in [1.82, 2.24) is 4.98 Å². The van der Waals surface area contributed by atoms with Gasteiger partial charge in [0.1, 0.15) is 23.1 Å². The fraction of sp³-hybridized carbons (Fsp3) is 0.278. The standard InChI is InChI=1S/C18H17FN2O3/c1-10-7-13(14(9-20)16(22)21-10)12-6-5-11(8-15(12)19)17(23)24-18(2,3)4/h5-8H,1-4H3,(H,21,22). The van der Waals surface area contributed by atoms with E-state index in [1.54, 1.807) is 33.8 Å². The van der Waals surface area contributed by atoms with Gasteiger partial charge >= 0.3 is 5.97 Å². The Morgan fingerprint density at radius 3 is 2.46 bits per heavy atom. The zero-order chi connectivity index (χ0) is 18.1. The van der Waals surface area contributed by atoms with E-state index in [9.17, 15) is 14.0 Å². The summed E-state index contributed by atoms with van der Waals surface area (Å²) in [4.78, 5) is 26.3. The molecule has 1 heterocycles. The molecule has 0 radical (unpaired) electrons. The lowest BCUT2D eigenvalue weighted by Gasteiger charge is -2.19. The number of benzene rings is 1. The molecular formula is C18H17FN2O3. The normalized spacial score (nSPS) is 11.0. The number of nitrogens with zero attached hydrogens (tertiary/aromatic N) is 1. The summed E-state index contributed by atoms with van der Waals surface area (Å²) in [6.07, 6.45) is 0. The number of aromatic nitrogens is 1. The zero-order valence-corrected chi connectivity index (χ0v) is 13.9. The van der Waals surface area contributed by atoms with Crippen LogP contribution < -0.4 is 5.56 Å². The molecular weight excluding hydrogens is 311 g/mol. The molecule has 1 aromatic heterocycles. The van der Waals surface area contributed by atoms with Gasteiger partial charge in [-0.15, -0.1) is 0 Å². The molecule has 0 saturated heterocycles. The molecule has 0 fully saturated rings. The number of aromatic amines is 1. The van der Waals surface area contributed by atoms with Gasteiger partial charge in [0.25, 0.3) is 5.56 Å². The van der Waals surface area contributed by atoms with Gasteiger partial charge in [0.15, 0.2) is 0 Å². The summed E-state index contributed by atoms with van der Waals surface area (Å²) < 4.78 is 19.7. The van der Waals surface area contributed by atoms with Gasteiger partial charge < -0.3 is 9.72 Å². The fourth-order valence-corrected chi connectivity index (χ4v) is 2.21. The van der Waals surface area contributed by atoms with Crippen molar-refractivity contribution in [2.45, 2.75) is 33.3 Å². The lowest BCUT2D eigenvalue weighted by Crippen LogP contribution is -2.24. The molecule has 0 spiro atoms. The molecule has 2 aromatic rings. The lowest BCUT2D eigenvalue weighted by atomic mass is 9.99. The number of esters is 1. The van der Waals surface area contributed by atoms with Gasteiger partial charge in [-0.1, -0.05) is 6.07 Å². The smallest absolute Gasteiger partial charge is 0.338 e. The van der Waals surface area contributed by atoms with Crippen LogP contribution in [0.2, 0.25) is 0 Å². The molecule has 1 aromatic carbocycles. The lowest BCUT2D eigenvalue weighted by molar-refractivity contribution is 0.00690. The summed E-state index contributed by atoms with van der Waals surface area (Å²) in [7, 11) is 0.